The molecular formula is C16H12FN3O3. The Morgan fingerprint density at radius 2 is 1.96 bits per heavy atom. The zero-order chi connectivity index (χ0) is 16.4. The first-order valence-corrected chi connectivity index (χ1v) is 6.69. The monoisotopic (exact) mass is 313 g/mol. The summed E-state index contributed by atoms with van der Waals surface area (Å²) in [5.41, 5.74) is 0.787. The number of methoxy groups -OCH3 is 1. The molecule has 116 valence electrons. The van der Waals surface area contributed by atoms with Crippen LogP contribution in [0.15, 0.2) is 52.7 Å². The van der Waals surface area contributed by atoms with Gasteiger partial charge < -0.3 is 14.8 Å². The first kappa shape index (κ1) is 14.7. The van der Waals surface area contributed by atoms with Gasteiger partial charge in [0.05, 0.1) is 12.6 Å². The van der Waals surface area contributed by atoms with Gasteiger partial charge in [0, 0.05) is 10.9 Å². The van der Waals surface area contributed by atoms with Crippen molar-refractivity contribution in [3.8, 4) is 11.6 Å². The van der Waals surface area contributed by atoms with Crippen LogP contribution in [-0.2, 0) is 0 Å². The van der Waals surface area contributed by atoms with Crippen molar-refractivity contribution in [2.75, 3.05) is 7.11 Å². The number of nitrogens with one attached hydrogen (secondary N) is 1. The second-order valence-corrected chi connectivity index (χ2v) is 4.75. The van der Waals surface area contributed by atoms with Gasteiger partial charge in [-0.25, -0.2) is 4.39 Å². The first-order valence-electron chi connectivity index (χ1n) is 6.69. The SMILES string of the molecule is COc1ccc(C(=O)N=Nc2c(O)[nH]c3cc(F)ccc23)cc1. The molecule has 0 saturated carbocycles. The summed E-state index contributed by atoms with van der Waals surface area (Å²) in [5, 5.41) is 17.7. The number of hydrogen-bond donors (Lipinski definition) is 2. The molecule has 7 heteroatoms. The van der Waals surface area contributed by atoms with Crippen LogP contribution < -0.4 is 4.74 Å². The number of fused-ring (bicyclic) bond motifs is 1. The van der Waals surface area contributed by atoms with Crippen LogP contribution in [0.4, 0.5) is 10.1 Å². The second-order valence-electron chi connectivity index (χ2n) is 4.75. The van der Waals surface area contributed by atoms with E-state index in [1.807, 2.05) is 0 Å². The quantitative estimate of drug-likeness (QED) is 0.718. The van der Waals surface area contributed by atoms with E-state index in [0.717, 1.165) is 0 Å². The summed E-state index contributed by atoms with van der Waals surface area (Å²) in [7, 11) is 1.53. The van der Waals surface area contributed by atoms with E-state index in [1.54, 1.807) is 24.3 Å². The van der Waals surface area contributed by atoms with Crippen molar-refractivity contribution in [1.82, 2.24) is 4.98 Å². The van der Waals surface area contributed by atoms with Crippen molar-refractivity contribution in [3.05, 3.63) is 53.8 Å². The molecule has 2 aromatic carbocycles. The van der Waals surface area contributed by atoms with Gasteiger partial charge in [-0.05, 0) is 42.5 Å². The molecule has 0 fully saturated rings. The van der Waals surface area contributed by atoms with Gasteiger partial charge in [-0.1, -0.05) is 0 Å². The summed E-state index contributed by atoms with van der Waals surface area (Å²) >= 11 is 0. The van der Waals surface area contributed by atoms with Gasteiger partial charge in [0.15, 0.2) is 5.69 Å². The number of hydrogen-bond acceptors (Lipinski definition) is 4. The van der Waals surface area contributed by atoms with E-state index < -0.39 is 11.7 Å². The third-order valence-electron chi connectivity index (χ3n) is 3.29. The molecule has 23 heavy (non-hydrogen) atoms. The molecule has 1 heterocycles. The van der Waals surface area contributed by atoms with Crippen molar-refractivity contribution in [2.24, 2.45) is 10.2 Å². The summed E-state index contributed by atoms with van der Waals surface area (Å²) in [6.07, 6.45) is 0. The lowest BCUT2D eigenvalue weighted by molar-refractivity contribution is 0.0995. The third kappa shape index (κ3) is 2.89. The predicted octanol–water partition coefficient (Wildman–Crippen LogP) is 3.95. The van der Waals surface area contributed by atoms with Crippen molar-refractivity contribution >= 4 is 22.5 Å². The average molecular weight is 313 g/mol. The number of aromatic nitrogens is 1. The lowest BCUT2D eigenvalue weighted by Crippen LogP contribution is -1.93. The van der Waals surface area contributed by atoms with Gasteiger partial charge in [-0.2, -0.15) is 0 Å². The molecule has 0 unspecified atom stereocenters. The second kappa shape index (κ2) is 5.88. The Kier molecular flexibility index (Phi) is 3.76. The van der Waals surface area contributed by atoms with Crippen LogP contribution >= 0.6 is 0 Å². The van der Waals surface area contributed by atoms with E-state index in [4.69, 9.17) is 4.74 Å². The number of ether oxygens (including phenoxy) is 1. The molecule has 0 bridgehead atoms. The number of rotatable bonds is 3. The fourth-order valence-corrected chi connectivity index (χ4v) is 2.13. The molecular weight excluding hydrogens is 301 g/mol. The molecule has 2 N–H and O–H groups in total. The summed E-state index contributed by atoms with van der Waals surface area (Å²) in [6.45, 7) is 0. The summed E-state index contributed by atoms with van der Waals surface area (Å²) < 4.78 is 18.2. The molecule has 1 aromatic heterocycles. The molecule has 0 atom stereocenters. The number of nitrogens with zero attached hydrogens (tertiary/aromatic N) is 2. The Hall–Kier alpha value is -3.22. The number of halogens is 1. The zero-order valence-corrected chi connectivity index (χ0v) is 12.1. The summed E-state index contributed by atoms with van der Waals surface area (Å²) in [6, 6.07) is 10.3. The standard InChI is InChI=1S/C16H12FN3O3/c1-23-11-5-2-9(3-6-11)15(21)20-19-14-12-7-4-10(17)8-13(12)18-16(14)22/h2-8,18,22H,1H3. The molecule has 0 radical (unpaired) electrons. The van der Waals surface area contributed by atoms with Gasteiger partial charge in [0.2, 0.25) is 5.88 Å². The Bertz CT molecular complexity index is 901. The minimum atomic E-state index is -0.566. The van der Waals surface area contributed by atoms with E-state index in [0.29, 0.717) is 22.2 Å². The first-order chi connectivity index (χ1) is 11.1. The molecule has 1 amide bonds. The minimum absolute atomic E-state index is 0.0851. The number of carbonyl (C=O) groups is 1. The highest BCUT2D eigenvalue weighted by atomic mass is 19.1. The van der Waals surface area contributed by atoms with Crippen LogP contribution in [0.2, 0.25) is 0 Å². The summed E-state index contributed by atoms with van der Waals surface area (Å²) in [5.74, 6) is -0.674. The fourth-order valence-electron chi connectivity index (χ4n) is 2.13. The summed E-state index contributed by atoms with van der Waals surface area (Å²) in [4.78, 5) is 14.6. The number of carbonyl (C=O) groups excluding carboxylic acids is 1. The van der Waals surface area contributed by atoms with Gasteiger partial charge >= 0.3 is 0 Å². The van der Waals surface area contributed by atoms with Crippen molar-refractivity contribution in [2.45, 2.75) is 0 Å². The Balaban J connectivity index is 1.90. The van der Waals surface area contributed by atoms with Gasteiger partial charge in [-0.15, -0.1) is 10.2 Å². The Labute approximate surface area is 130 Å². The van der Waals surface area contributed by atoms with Gasteiger partial charge in [-0.3, -0.25) is 4.79 Å². The van der Waals surface area contributed by atoms with Crippen LogP contribution in [0.5, 0.6) is 11.6 Å². The fraction of sp³-hybridized carbons (Fsp3) is 0.0625. The molecule has 0 aliphatic rings. The Morgan fingerprint density at radius 1 is 1.22 bits per heavy atom. The maximum Gasteiger partial charge on any atom is 0.295 e. The lowest BCUT2D eigenvalue weighted by Gasteiger charge is -1.99. The van der Waals surface area contributed by atoms with Crippen LogP contribution in [0.3, 0.4) is 0 Å². The van der Waals surface area contributed by atoms with E-state index in [9.17, 15) is 14.3 Å². The average Bonchev–Trinajstić information content (AvgIpc) is 2.87. The number of benzene rings is 2. The smallest absolute Gasteiger partial charge is 0.295 e. The normalized spacial score (nSPS) is 11.2. The third-order valence-corrected chi connectivity index (χ3v) is 3.29. The molecule has 0 spiro atoms. The van der Waals surface area contributed by atoms with Crippen molar-refractivity contribution in [3.63, 3.8) is 0 Å². The van der Waals surface area contributed by atoms with E-state index in [-0.39, 0.29) is 11.6 Å². The van der Waals surface area contributed by atoms with Crippen LogP contribution in [0.25, 0.3) is 10.9 Å². The van der Waals surface area contributed by atoms with Gasteiger partial charge in [0.1, 0.15) is 11.6 Å². The number of aromatic hydroxyl groups is 1. The van der Waals surface area contributed by atoms with E-state index in [1.165, 1.54) is 25.3 Å². The number of amides is 1. The Morgan fingerprint density at radius 3 is 2.65 bits per heavy atom. The molecule has 0 aliphatic heterocycles. The highest BCUT2D eigenvalue weighted by molar-refractivity contribution is 5.97. The lowest BCUT2D eigenvalue weighted by atomic mass is 10.2. The van der Waals surface area contributed by atoms with Crippen molar-refractivity contribution < 1.29 is 19.0 Å². The zero-order valence-electron chi connectivity index (χ0n) is 12.1. The molecule has 0 aliphatic carbocycles. The highest BCUT2D eigenvalue weighted by Gasteiger charge is 2.12. The van der Waals surface area contributed by atoms with Crippen molar-refractivity contribution in [1.29, 1.82) is 0 Å². The van der Waals surface area contributed by atoms with E-state index in [2.05, 4.69) is 15.2 Å². The van der Waals surface area contributed by atoms with Crippen LogP contribution in [-0.4, -0.2) is 23.1 Å². The highest BCUT2D eigenvalue weighted by Crippen LogP contribution is 2.35. The number of H-pyrrole nitrogens is 1. The van der Waals surface area contributed by atoms with E-state index >= 15 is 0 Å². The van der Waals surface area contributed by atoms with Gasteiger partial charge in [0.25, 0.3) is 5.91 Å². The van der Waals surface area contributed by atoms with Crippen LogP contribution in [0, 0.1) is 5.82 Å². The molecule has 3 aromatic rings. The molecule has 6 nitrogen and oxygen atoms in total. The maximum atomic E-state index is 13.2. The number of azo groups is 1. The number of aromatic amines is 1. The predicted molar refractivity (Wildman–Crippen MR) is 81.8 cm³/mol. The minimum Gasteiger partial charge on any atom is -0.497 e. The molecule has 0 saturated heterocycles. The maximum absolute atomic E-state index is 13.2. The van der Waals surface area contributed by atoms with Crippen LogP contribution in [0.1, 0.15) is 10.4 Å². The largest absolute Gasteiger partial charge is 0.497 e. The topological polar surface area (TPSA) is 87.0 Å². The molecule has 3 rings (SSSR count).